The Labute approximate surface area is 186 Å². The Balaban J connectivity index is 1.60. The summed E-state index contributed by atoms with van der Waals surface area (Å²) in [6.45, 7) is 1.08. The molecule has 0 radical (unpaired) electrons. The Kier molecular flexibility index (Phi) is 7.96. The summed E-state index contributed by atoms with van der Waals surface area (Å²) >= 11 is 12.3. The van der Waals surface area contributed by atoms with Gasteiger partial charge in [0.15, 0.2) is 0 Å². The molecule has 160 valence electrons. The molecule has 2 aromatic carbocycles. The van der Waals surface area contributed by atoms with E-state index in [0.29, 0.717) is 22.2 Å². The number of likely N-dealkylation sites (N-methyl/N-ethyl adjacent to an activating group) is 1. The van der Waals surface area contributed by atoms with Gasteiger partial charge in [0.1, 0.15) is 18.4 Å². The van der Waals surface area contributed by atoms with Gasteiger partial charge >= 0.3 is 0 Å². The molecule has 0 aromatic heterocycles. The summed E-state index contributed by atoms with van der Waals surface area (Å²) in [6, 6.07) is 11.8. The van der Waals surface area contributed by atoms with Crippen molar-refractivity contribution in [1.82, 2.24) is 16.0 Å². The molecule has 8 heteroatoms. The molecule has 2 aromatic rings. The number of carbonyl (C=O) groups is 2. The van der Waals surface area contributed by atoms with Gasteiger partial charge in [0.2, 0.25) is 11.8 Å². The highest BCUT2D eigenvalue weighted by Crippen LogP contribution is 2.26. The third-order valence-corrected chi connectivity index (χ3v) is 5.77. The number of ether oxygens (including phenoxy) is 1. The highest BCUT2D eigenvalue weighted by molar-refractivity contribution is 6.35. The quantitative estimate of drug-likeness (QED) is 0.578. The molecule has 0 saturated carbocycles. The lowest BCUT2D eigenvalue weighted by Crippen LogP contribution is -2.51. The largest absolute Gasteiger partial charge is 0.489 e. The fourth-order valence-corrected chi connectivity index (χ4v) is 3.85. The number of benzene rings is 2. The van der Waals surface area contributed by atoms with Crippen LogP contribution in [-0.4, -0.2) is 37.5 Å². The van der Waals surface area contributed by atoms with Crippen LogP contribution in [0.25, 0.3) is 0 Å². The Bertz CT molecular complexity index is 863. The van der Waals surface area contributed by atoms with E-state index in [-0.39, 0.29) is 24.5 Å². The van der Waals surface area contributed by atoms with Gasteiger partial charge in [-0.2, -0.15) is 0 Å². The maximum absolute atomic E-state index is 12.4. The third-order valence-electron chi connectivity index (χ3n) is 5.06. The standard InChI is InChI=1S/C22H25Cl2N3O3/c1-25-21(28)20(27-22(29)19-6-3-11-26-19)12-14-7-9-15(10-8-14)30-13-16-17(23)4-2-5-18(16)24/h2,4-5,7-10,19-20,26H,3,6,11-13H2,1H3,(H,25,28)(H,27,29)/t19-,20-/m0/s1. The molecule has 0 spiro atoms. The first-order valence-corrected chi connectivity index (χ1v) is 10.6. The van der Waals surface area contributed by atoms with E-state index in [1.165, 1.54) is 0 Å². The zero-order valence-electron chi connectivity index (χ0n) is 16.7. The number of hydrogen-bond donors (Lipinski definition) is 3. The number of halogens is 2. The summed E-state index contributed by atoms with van der Waals surface area (Å²) in [5, 5.41) is 9.73. The van der Waals surface area contributed by atoms with Crippen LogP contribution in [0.4, 0.5) is 0 Å². The molecule has 2 amide bonds. The predicted molar refractivity (Wildman–Crippen MR) is 118 cm³/mol. The maximum atomic E-state index is 12.4. The minimum absolute atomic E-state index is 0.141. The average molecular weight is 450 g/mol. The van der Waals surface area contributed by atoms with Crippen LogP contribution in [0.5, 0.6) is 5.75 Å². The van der Waals surface area contributed by atoms with Crippen LogP contribution in [0.1, 0.15) is 24.0 Å². The molecule has 1 aliphatic rings. The molecular weight excluding hydrogens is 425 g/mol. The molecule has 2 atom stereocenters. The summed E-state index contributed by atoms with van der Waals surface area (Å²) in [5.41, 5.74) is 1.64. The lowest BCUT2D eigenvalue weighted by atomic mass is 10.0. The highest BCUT2D eigenvalue weighted by atomic mass is 35.5. The SMILES string of the molecule is CNC(=O)[C@H](Cc1ccc(OCc2c(Cl)cccc2Cl)cc1)NC(=O)[C@@H]1CCCN1. The van der Waals surface area contributed by atoms with Gasteiger partial charge in [0, 0.05) is 29.1 Å². The molecule has 0 unspecified atom stereocenters. The first kappa shape index (κ1) is 22.4. The molecular formula is C22H25Cl2N3O3. The first-order valence-electron chi connectivity index (χ1n) is 9.88. The van der Waals surface area contributed by atoms with E-state index in [1.807, 2.05) is 24.3 Å². The Hall–Kier alpha value is -2.28. The zero-order valence-corrected chi connectivity index (χ0v) is 18.2. The summed E-state index contributed by atoms with van der Waals surface area (Å²) in [7, 11) is 1.56. The van der Waals surface area contributed by atoms with E-state index in [4.69, 9.17) is 27.9 Å². The van der Waals surface area contributed by atoms with Crippen molar-refractivity contribution in [1.29, 1.82) is 0 Å². The van der Waals surface area contributed by atoms with Crippen molar-refractivity contribution >= 4 is 35.0 Å². The number of rotatable bonds is 8. The van der Waals surface area contributed by atoms with Gasteiger partial charge in [-0.05, 0) is 49.2 Å². The van der Waals surface area contributed by atoms with E-state index in [2.05, 4.69) is 16.0 Å². The summed E-state index contributed by atoms with van der Waals surface area (Å²) in [5.74, 6) is 0.290. The molecule has 1 saturated heterocycles. The van der Waals surface area contributed by atoms with Crippen molar-refractivity contribution < 1.29 is 14.3 Å². The Morgan fingerprint density at radius 1 is 1.17 bits per heavy atom. The number of carbonyl (C=O) groups excluding carboxylic acids is 2. The minimum atomic E-state index is -0.640. The smallest absolute Gasteiger partial charge is 0.242 e. The lowest BCUT2D eigenvalue weighted by Gasteiger charge is -2.20. The van der Waals surface area contributed by atoms with Crippen LogP contribution in [0.2, 0.25) is 10.0 Å². The normalized spacial score (nSPS) is 16.7. The summed E-state index contributed by atoms with van der Waals surface area (Å²) in [4.78, 5) is 24.7. The van der Waals surface area contributed by atoms with Gasteiger partial charge in [-0.3, -0.25) is 9.59 Å². The molecule has 3 rings (SSSR count). The van der Waals surface area contributed by atoms with E-state index in [9.17, 15) is 9.59 Å². The lowest BCUT2D eigenvalue weighted by molar-refractivity contribution is -0.129. The van der Waals surface area contributed by atoms with E-state index >= 15 is 0 Å². The molecule has 6 nitrogen and oxygen atoms in total. The molecule has 30 heavy (non-hydrogen) atoms. The third kappa shape index (κ3) is 5.88. The molecule has 0 aliphatic carbocycles. The fraction of sp³-hybridized carbons (Fsp3) is 0.364. The second kappa shape index (κ2) is 10.7. The van der Waals surface area contributed by atoms with Gasteiger partial charge in [-0.25, -0.2) is 0 Å². The van der Waals surface area contributed by atoms with Crippen LogP contribution in [0.15, 0.2) is 42.5 Å². The Morgan fingerprint density at radius 3 is 2.47 bits per heavy atom. The van der Waals surface area contributed by atoms with E-state index in [0.717, 1.165) is 30.5 Å². The molecule has 3 N–H and O–H groups in total. The van der Waals surface area contributed by atoms with Gasteiger partial charge < -0.3 is 20.7 Å². The van der Waals surface area contributed by atoms with E-state index < -0.39 is 6.04 Å². The zero-order chi connectivity index (χ0) is 21.5. The number of nitrogens with one attached hydrogen (secondary N) is 3. The second-order valence-corrected chi connectivity index (χ2v) is 7.98. The van der Waals surface area contributed by atoms with Crippen molar-refractivity contribution in [2.24, 2.45) is 0 Å². The predicted octanol–water partition coefficient (Wildman–Crippen LogP) is 3.10. The van der Waals surface area contributed by atoms with Crippen molar-refractivity contribution in [2.45, 2.75) is 38.0 Å². The summed E-state index contributed by atoms with van der Waals surface area (Å²) in [6.07, 6.45) is 2.13. The number of hydrogen-bond acceptors (Lipinski definition) is 4. The van der Waals surface area contributed by atoms with Crippen molar-refractivity contribution in [3.05, 3.63) is 63.6 Å². The minimum Gasteiger partial charge on any atom is -0.489 e. The van der Waals surface area contributed by atoms with Crippen molar-refractivity contribution in [2.75, 3.05) is 13.6 Å². The number of amides is 2. The van der Waals surface area contributed by atoms with Gasteiger partial charge in [-0.1, -0.05) is 41.4 Å². The Morgan fingerprint density at radius 2 is 1.87 bits per heavy atom. The van der Waals surface area contributed by atoms with Gasteiger partial charge in [0.25, 0.3) is 0 Å². The van der Waals surface area contributed by atoms with Crippen LogP contribution < -0.4 is 20.7 Å². The van der Waals surface area contributed by atoms with Crippen molar-refractivity contribution in [3.8, 4) is 5.75 Å². The first-order chi connectivity index (χ1) is 14.5. The maximum Gasteiger partial charge on any atom is 0.242 e. The van der Waals surface area contributed by atoms with Crippen LogP contribution in [0.3, 0.4) is 0 Å². The monoisotopic (exact) mass is 449 g/mol. The van der Waals surface area contributed by atoms with Crippen LogP contribution in [-0.2, 0) is 22.6 Å². The average Bonchev–Trinajstić information content (AvgIpc) is 3.28. The topological polar surface area (TPSA) is 79.5 Å². The second-order valence-electron chi connectivity index (χ2n) is 7.16. The summed E-state index contributed by atoms with van der Waals surface area (Å²) < 4.78 is 5.79. The van der Waals surface area contributed by atoms with E-state index in [1.54, 1.807) is 25.2 Å². The van der Waals surface area contributed by atoms with Crippen molar-refractivity contribution in [3.63, 3.8) is 0 Å². The van der Waals surface area contributed by atoms with Crippen LogP contribution >= 0.6 is 23.2 Å². The van der Waals surface area contributed by atoms with Crippen LogP contribution in [0, 0.1) is 0 Å². The molecule has 1 fully saturated rings. The molecule has 0 bridgehead atoms. The highest BCUT2D eigenvalue weighted by Gasteiger charge is 2.27. The van der Waals surface area contributed by atoms with Gasteiger partial charge in [0.05, 0.1) is 6.04 Å². The van der Waals surface area contributed by atoms with Gasteiger partial charge in [-0.15, -0.1) is 0 Å². The fourth-order valence-electron chi connectivity index (χ4n) is 3.35. The molecule has 1 heterocycles. The molecule has 1 aliphatic heterocycles.